The largest absolute Gasteiger partial charge is 0.378 e. The Morgan fingerprint density at radius 2 is 1.32 bits per heavy atom. The molecule has 2 saturated heterocycles. The van der Waals surface area contributed by atoms with Crippen LogP contribution in [0.4, 0.5) is 5.82 Å². The first-order chi connectivity index (χ1) is 15.2. The number of piperazine rings is 1. The van der Waals surface area contributed by atoms with Crippen LogP contribution in [0.1, 0.15) is 20.7 Å². The molecular formula is C24H26N4O3. The van der Waals surface area contributed by atoms with E-state index < -0.39 is 0 Å². The number of rotatable bonds is 3. The summed E-state index contributed by atoms with van der Waals surface area (Å²) in [5.41, 5.74) is 2.47. The number of aromatic nitrogens is 1. The highest BCUT2D eigenvalue weighted by Gasteiger charge is 2.24. The van der Waals surface area contributed by atoms with Gasteiger partial charge < -0.3 is 23.8 Å². The first-order valence-electron chi connectivity index (χ1n) is 10.8. The molecule has 0 radical (unpaired) electrons. The lowest BCUT2D eigenvalue weighted by Crippen LogP contribution is -2.49. The molecule has 0 bridgehead atoms. The van der Waals surface area contributed by atoms with Gasteiger partial charge in [0.1, 0.15) is 5.82 Å². The zero-order chi connectivity index (χ0) is 21.2. The number of benzene rings is 1. The van der Waals surface area contributed by atoms with Crippen molar-refractivity contribution in [2.75, 3.05) is 57.4 Å². The smallest absolute Gasteiger partial charge is 0.255 e. The molecule has 0 aliphatic carbocycles. The van der Waals surface area contributed by atoms with Crippen molar-refractivity contribution in [2.24, 2.45) is 0 Å². The molecule has 2 aromatic heterocycles. The molecule has 2 aliphatic rings. The van der Waals surface area contributed by atoms with Crippen LogP contribution in [0, 0.1) is 0 Å². The fourth-order valence-electron chi connectivity index (χ4n) is 4.32. The summed E-state index contributed by atoms with van der Waals surface area (Å²) in [5, 5.41) is 0. The van der Waals surface area contributed by atoms with Gasteiger partial charge in [0.2, 0.25) is 0 Å². The van der Waals surface area contributed by atoms with Gasteiger partial charge in [-0.25, -0.2) is 0 Å². The summed E-state index contributed by atoms with van der Waals surface area (Å²) >= 11 is 0. The molecule has 0 unspecified atom stereocenters. The Hall–Kier alpha value is -3.32. The minimum atomic E-state index is 0.0446. The molecule has 3 aromatic rings. The predicted octanol–water partition coefficient (Wildman–Crippen LogP) is 2.37. The van der Waals surface area contributed by atoms with Crippen LogP contribution in [0.3, 0.4) is 0 Å². The van der Waals surface area contributed by atoms with Crippen molar-refractivity contribution in [3.63, 3.8) is 0 Å². The molecule has 0 saturated carbocycles. The summed E-state index contributed by atoms with van der Waals surface area (Å²) in [6.07, 6.45) is 1.93. The normalized spacial score (nSPS) is 17.2. The Morgan fingerprint density at radius 3 is 2.06 bits per heavy atom. The van der Waals surface area contributed by atoms with Crippen molar-refractivity contribution in [1.29, 1.82) is 0 Å². The number of carbonyl (C=O) groups is 2. The zero-order valence-corrected chi connectivity index (χ0v) is 17.4. The lowest BCUT2D eigenvalue weighted by molar-refractivity contribution is 0.0302. The number of amides is 2. The molecule has 7 heteroatoms. The fraction of sp³-hybridized carbons (Fsp3) is 0.333. The molecule has 0 atom stereocenters. The minimum absolute atomic E-state index is 0.0446. The van der Waals surface area contributed by atoms with E-state index in [4.69, 9.17) is 4.74 Å². The minimum Gasteiger partial charge on any atom is -0.378 e. The first-order valence-corrected chi connectivity index (χ1v) is 10.8. The average molecular weight is 418 g/mol. The van der Waals surface area contributed by atoms with Crippen molar-refractivity contribution in [1.82, 2.24) is 14.2 Å². The van der Waals surface area contributed by atoms with Gasteiger partial charge in [0, 0.05) is 56.5 Å². The van der Waals surface area contributed by atoms with Gasteiger partial charge in [-0.2, -0.15) is 0 Å². The highest BCUT2D eigenvalue weighted by molar-refractivity contribution is 5.95. The number of hydrogen-bond donors (Lipinski definition) is 0. The van der Waals surface area contributed by atoms with Crippen molar-refractivity contribution in [3.8, 4) is 0 Å². The molecular weight excluding hydrogens is 392 g/mol. The van der Waals surface area contributed by atoms with E-state index in [1.165, 1.54) is 0 Å². The Morgan fingerprint density at radius 1 is 0.677 bits per heavy atom. The number of hydrogen-bond acceptors (Lipinski definition) is 4. The van der Waals surface area contributed by atoms with Crippen LogP contribution in [-0.4, -0.2) is 78.5 Å². The van der Waals surface area contributed by atoms with E-state index in [1.807, 2.05) is 58.5 Å². The standard InChI is InChI=1S/C24H26N4O3/c29-23(19-4-2-1-3-5-19)26-12-10-25(11-13-26)22-9-8-21-7-6-20(18-28(21)22)24(30)27-14-16-31-17-15-27/h1-9,18H,10-17H2. The van der Waals surface area contributed by atoms with Gasteiger partial charge >= 0.3 is 0 Å². The van der Waals surface area contributed by atoms with Crippen molar-refractivity contribution in [3.05, 3.63) is 71.9 Å². The molecule has 2 aliphatic heterocycles. The summed E-state index contributed by atoms with van der Waals surface area (Å²) in [6.45, 7) is 5.31. The molecule has 0 spiro atoms. The average Bonchev–Trinajstić information content (AvgIpc) is 3.27. The fourth-order valence-corrected chi connectivity index (χ4v) is 4.32. The number of ether oxygens (including phenoxy) is 1. The van der Waals surface area contributed by atoms with E-state index in [9.17, 15) is 9.59 Å². The van der Waals surface area contributed by atoms with Crippen LogP contribution in [-0.2, 0) is 4.74 Å². The maximum atomic E-state index is 12.9. The van der Waals surface area contributed by atoms with E-state index in [0.717, 1.165) is 30.0 Å². The molecule has 1 aromatic carbocycles. The highest BCUT2D eigenvalue weighted by atomic mass is 16.5. The molecule has 2 fully saturated rings. The molecule has 31 heavy (non-hydrogen) atoms. The highest BCUT2D eigenvalue weighted by Crippen LogP contribution is 2.23. The molecule has 5 rings (SSSR count). The van der Waals surface area contributed by atoms with E-state index in [-0.39, 0.29) is 11.8 Å². The van der Waals surface area contributed by atoms with E-state index >= 15 is 0 Å². The second-order valence-corrected chi connectivity index (χ2v) is 7.95. The summed E-state index contributed by atoms with van der Waals surface area (Å²) in [7, 11) is 0. The van der Waals surface area contributed by atoms with E-state index in [0.29, 0.717) is 45.0 Å². The number of pyridine rings is 1. The number of nitrogens with zero attached hydrogens (tertiary/aromatic N) is 4. The topological polar surface area (TPSA) is 57.5 Å². The van der Waals surface area contributed by atoms with Crippen LogP contribution < -0.4 is 4.90 Å². The Kier molecular flexibility index (Phi) is 5.34. The maximum Gasteiger partial charge on any atom is 0.255 e. The molecule has 0 N–H and O–H groups in total. The van der Waals surface area contributed by atoms with Gasteiger partial charge in [-0.05, 0) is 36.4 Å². The Balaban J connectivity index is 1.31. The third-order valence-electron chi connectivity index (χ3n) is 6.09. The van der Waals surface area contributed by atoms with Gasteiger partial charge in [0.25, 0.3) is 11.8 Å². The third-order valence-corrected chi connectivity index (χ3v) is 6.09. The second-order valence-electron chi connectivity index (χ2n) is 7.95. The predicted molar refractivity (Wildman–Crippen MR) is 119 cm³/mol. The van der Waals surface area contributed by atoms with Gasteiger partial charge in [-0.15, -0.1) is 0 Å². The summed E-state index contributed by atoms with van der Waals surface area (Å²) in [4.78, 5) is 31.7. The Labute approximate surface area is 181 Å². The third kappa shape index (κ3) is 3.88. The number of morpholine rings is 1. The summed E-state index contributed by atoms with van der Waals surface area (Å²) < 4.78 is 7.45. The molecule has 7 nitrogen and oxygen atoms in total. The van der Waals surface area contributed by atoms with Crippen LogP contribution in [0.15, 0.2) is 60.8 Å². The molecule has 160 valence electrons. The van der Waals surface area contributed by atoms with Crippen LogP contribution in [0.25, 0.3) is 5.52 Å². The SMILES string of the molecule is O=C(c1ccc2ccc(N3CCN(C(=O)c4ccccc4)CC3)n2c1)N1CCOCC1. The Bertz CT molecular complexity index is 1080. The van der Waals surface area contributed by atoms with E-state index in [1.54, 1.807) is 0 Å². The number of fused-ring (bicyclic) bond motifs is 1. The van der Waals surface area contributed by atoms with Crippen LogP contribution in [0.5, 0.6) is 0 Å². The van der Waals surface area contributed by atoms with Crippen LogP contribution >= 0.6 is 0 Å². The first kappa shape index (κ1) is 19.6. The lowest BCUT2D eigenvalue weighted by atomic mass is 10.2. The van der Waals surface area contributed by atoms with Crippen molar-refractivity contribution in [2.45, 2.75) is 0 Å². The van der Waals surface area contributed by atoms with E-state index in [2.05, 4.69) is 21.4 Å². The summed E-state index contributed by atoms with van der Waals surface area (Å²) in [5.74, 6) is 1.18. The van der Waals surface area contributed by atoms with Gasteiger partial charge in [0.05, 0.1) is 18.8 Å². The number of carbonyl (C=O) groups excluding carboxylic acids is 2. The lowest BCUT2D eigenvalue weighted by Gasteiger charge is -2.36. The molecule has 2 amide bonds. The number of anilines is 1. The van der Waals surface area contributed by atoms with Gasteiger partial charge in [-0.3, -0.25) is 9.59 Å². The zero-order valence-electron chi connectivity index (χ0n) is 17.4. The van der Waals surface area contributed by atoms with Crippen molar-refractivity contribution < 1.29 is 14.3 Å². The maximum absolute atomic E-state index is 12.9. The second kappa shape index (κ2) is 8.43. The monoisotopic (exact) mass is 418 g/mol. The summed E-state index contributed by atoms with van der Waals surface area (Å²) in [6, 6.07) is 17.5. The van der Waals surface area contributed by atoms with Crippen LogP contribution in [0.2, 0.25) is 0 Å². The van der Waals surface area contributed by atoms with Crippen molar-refractivity contribution >= 4 is 23.1 Å². The van der Waals surface area contributed by atoms with Gasteiger partial charge in [-0.1, -0.05) is 18.2 Å². The van der Waals surface area contributed by atoms with Gasteiger partial charge in [0.15, 0.2) is 0 Å². The quantitative estimate of drug-likeness (QED) is 0.655. The molecule has 4 heterocycles.